The van der Waals surface area contributed by atoms with Crippen LogP contribution in [-0.2, 0) is 0 Å². The minimum atomic E-state index is -0.0869. The third-order valence-corrected chi connectivity index (χ3v) is 1.57. The first-order valence-electron chi connectivity index (χ1n) is 3.49. The maximum absolute atomic E-state index is 10.1. The van der Waals surface area contributed by atoms with Gasteiger partial charge in [-0.05, 0) is 17.3 Å². The molecule has 0 bridgehead atoms. The molecular formula is C8H10N2O2. The van der Waals surface area contributed by atoms with Crippen LogP contribution in [0.5, 0.6) is 5.75 Å². The van der Waals surface area contributed by atoms with Gasteiger partial charge in [0.15, 0.2) is 0 Å². The lowest BCUT2D eigenvalue weighted by Gasteiger charge is -2.12. The molecule has 0 aliphatic rings. The Morgan fingerprint density at radius 2 is 2.08 bits per heavy atom. The van der Waals surface area contributed by atoms with Crippen molar-refractivity contribution in [2.75, 3.05) is 19.0 Å². The largest absolute Gasteiger partial charge is 0.505 e. The maximum Gasteiger partial charge on any atom is 0.149 e. The van der Waals surface area contributed by atoms with Gasteiger partial charge >= 0.3 is 0 Å². The van der Waals surface area contributed by atoms with Crippen LogP contribution in [0.25, 0.3) is 0 Å². The summed E-state index contributed by atoms with van der Waals surface area (Å²) in [4.78, 5) is 11.9. The van der Waals surface area contributed by atoms with Gasteiger partial charge in [0.1, 0.15) is 11.4 Å². The number of aromatic hydroxyl groups is 1. The van der Waals surface area contributed by atoms with Crippen molar-refractivity contribution < 1.29 is 5.11 Å². The summed E-state index contributed by atoms with van der Waals surface area (Å²) in [7, 11) is 3.70. The fourth-order valence-corrected chi connectivity index (χ4v) is 0.867. The zero-order valence-corrected chi connectivity index (χ0v) is 6.98. The highest BCUT2D eigenvalue weighted by Gasteiger charge is 2.02. The van der Waals surface area contributed by atoms with E-state index >= 15 is 0 Å². The van der Waals surface area contributed by atoms with Gasteiger partial charge in [-0.15, -0.1) is 4.91 Å². The molecule has 1 rings (SSSR count). The molecule has 1 aromatic carbocycles. The highest BCUT2D eigenvalue weighted by molar-refractivity contribution is 5.60. The zero-order valence-electron chi connectivity index (χ0n) is 6.98. The number of rotatable bonds is 2. The van der Waals surface area contributed by atoms with Gasteiger partial charge in [-0.1, -0.05) is 0 Å². The van der Waals surface area contributed by atoms with Crippen molar-refractivity contribution in [2.45, 2.75) is 0 Å². The highest BCUT2D eigenvalue weighted by Crippen LogP contribution is 2.29. The summed E-state index contributed by atoms with van der Waals surface area (Å²) in [5.41, 5.74) is 0.903. The van der Waals surface area contributed by atoms with Crippen LogP contribution in [0.1, 0.15) is 0 Å². The Morgan fingerprint density at radius 1 is 1.42 bits per heavy atom. The van der Waals surface area contributed by atoms with Crippen molar-refractivity contribution in [1.82, 2.24) is 0 Å². The Morgan fingerprint density at radius 3 is 2.50 bits per heavy atom. The Labute approximate surface area is 70.4 Å². The minimum Gasteiger partial charge on any atom is -0.505 e. The molecule has 0 heterocycles. The van der Waals surface area contributed by atoms with Crippen LogP contribution in [0.15, 0.2) is 23.4 Å². The van der Waals surface area contributed by atoms with E-state index in [0.717, 1.165) is 5.69 Å². The molecule has 0 spiro atoms. The Kier molecular flexibility index (Phi) is 2.28. The van der Waals surface area contributed by atoms with Gasteiger partial charge in [0.05, 0.1) is 0 Å². The van der Waals surface area contributed by atoms with E-state index in [1.807, 2.05) is 19.0 Å². The van der Waals surface area contributed by atoms with Crippen molar-refractivity contribution >= 4 is 11.4 Å². The first kappa shape index (κ1) is 8.52. The van der Waals surface area contributed by atoms with Crippen LogP contribution in [0.3, 0.4) is 0 Å². The topological polar surface area (TPSA) is 52.9 Å². The minimum absolute atomic E-state index is 0.0700. The summed E-state index contributed by atoms with van der Waals surface area (Å²) >= 11 is 0. The van der Waals surface area contributed by atoms with E-state index in [1.165, 1.54) is 12.1 Å². The molecule has 0 unspecified atom stereocenters. The SMILES string of the molecule is CN(C)c1ccc(N=O)c(O)c1. The number of phenolic OH excluding ortho intramolecular Hbond substituents is 1. The fourth-order valence-electron chi connectivity index (χ4n) is 0.867. The van der Waals surface area contributed by atoms with Crippen LogP contribution in [0.4, 0.5) is 11.4 Å². The predicted octanol–water partition coefficient (Wildman–Crippen LogP) is 1.86. The van der Waals surface area contributed by atoms with Crippen LogP contribution < -0.4 is 4.90 Å². The van der Waals surface area contributed by atoms with Crippen molar-refractivity contribution in [3.63, 3.8) is 0 Å². The second-order valence-corrected chi connectivity index (χ2v) is 2.66. The standard InChI is InChI=1S/C8H10N2O2/c1-10(2)6-3-4-7(9-12)8(11)5-6/h3-5,11H,1-2H3. The first-order valence-corrected chi connectivity index (χ1v) is 3.49. The number of phenols is 1. The average molecular weight is 166 g/mol. The second kappa shape index (κ2) is 3.21. The van der Waals surface area contributed by atoms with Crippen LogP contribution in [0.2, 0.25) is 0 Å². The summed E-state index contributed by atoms with van der Waals surface area (Å²) in [6, 6.07) is 4.70. The normalized spacial score (nSPS) is 9.50. The molecule has 0 amide bonds. The van der Waals surface area contributed by atoms with E-state index in [9.17, 15) is 10.0 Å². The number of benzene rings is 1. The predicted molar refractivity (Wildman–Crippen MR) is 47.9 cm³/mol. The average Bonchev–Trinajstić information content (AvgIpc) is 2.04. The Balaban J connectivity index is 3.10. The third kappa shape index (κ3) is 1.53. The molecular weight excluding hydrogens is 156 g/mol. The quantitative estimate of drug-likeness (QED) is 0.682. The van der Waals surface area contributed by atoms with E-state index in [-0.39, 0.29) is 11.4 Å². The number of anilines is 1. The van der Waals surface area contributed by atoms with Gasteiger partial charge < -0.3 is 10.0 Å². The van der Waals surface area contributed by atoms with Crippen LogP contribution in [0, 0.1) is 4.91 Å². The summed E-state index contributed by atoms with van der Waals surface area (Å²) in [6.45, 7) is 0. The smallest absolute Gasteiger partial charge is 0.149 e. The van der Waals surface area contributed by atoms with E-state index in [4.69, 9.17) is 0 Å². The Bertz CT molecular complexity index is 297. The Hall–Kier alpha value is -1.58. The second-order valence-electron chi connectivity index (χ2n) is 2.66. The molecule has 0 radical (unpaired) electrons. The summed E-state index contributed by atoms with van der Waals surface area (Å²) in [5.74, 6) is -0.0869. The molecule has 0 saturated heterocycles. The molecule has 1 N–H and O–H groups in total. The summed E-state index contributed by atoms with van der Waals surface area (Å²) in [6.07, 6.45) is 0. The monoisotopic (exact) mass is 166 g/mol. The maximum atomic E-state index is 10.1. The van der Waals surface area contributed by atoms with E-state index in [1.54, 1.807) is 6.07 Å². The van der Waals surface area contributed by atoms with Gasteiger partial charge in [-0.25, -0.2) is 0 Å². The third-order valence-electron chi connectivity index (χ3n) is 1.57. The lowest BCUT2D eigenvalue weighted by Crippen LogP contribution is -2.07. The van der Waals surface area contributed by atoms with Crippen molar-refractivity contribution in [3.05, 3.63) is 23.1 Å². The van der Waals surface area contributed by atoms with Gasteiger partial charge in [0, 0.05) is 25.8 Å². The highest BCUT2D eigenvalue weighted by atomic mass is 16.3. The molecule has 12 heavy (non-hydrogen) atoms. The van der Waals surface area contributed by atoms with Crippen molar-refractivity contribution in [3.8, 4) is 5.75 Å². The lowest BCUT2D eigenvalue weighted by molar-refractivity contribution is 0.477. The van der Waals surface area contributed by atoms with Crippen molar-refractivity contribution in [1.29, 1.82) is 0 Å². The van der Waals surface area contributed by atoms with Crippen LogP contribution >= 0.6 is 0 Å². The fraction of sp³-hybridized carbons (Fsp3) is 0.250. The molecule has 0 aliphatic heterocycles. The number of hydrogen-bond acceptors (Lipinski definition) is 4. The summed E-state index contributed by atoms with van der Waals surface area (Å²) in [5, 5.41) is 11.9. The molecule has 0 aromatic heterocycles. The van der Waals surface area contributed by atoms with E-state index < -0.39 is 0 Å². The molecule has 0 saturated carbocycles. The molecule has 0 atom stereocenters. The van der Waals surface area contributed by atoms with Gasteiger partial charge in [-0.3, -0.25) is 0 Å². The lowest BCUT2D eigenvalue weighted by atomic mass is 10.2. The molecule has 64 valence electrons. The zero-order chi connectivity index (χ0) is 9.14. The van der Waals surface area contributed by atoms with Crippen LogP contribution in [-0.4, -0.2) is 19.2 Å². The number of hydrogen-bond donors (Lipinski definition) is 1. The first-order chi connectivity index (χ1) is 5.65. The number of nitroso groups, excluding NO2 is 1. The molecule has 4 heteroatoms. The van der Waals surface area contributed by atoms with E-state index in [0.29, 0.717) is 0 Å². The molecule has 1 aromatic rings. The van der Waals surface area contributed by atoms with E-state index in [2.05, 4.69) is 5.18 Å². The number of nitrogens with zero attached hydrogens (tertiary/aromatic N) is 2. The van der Waals surface area contributed by atoms with Gasteiger partial charge in [0.25, 0.3) is 0 Å². The van der Waals surface area contributed by atoms with Crippen molar-refractivity contribution in [2.24, 2.45) is 5.18 Å². The molecule has 0 fully saturated rings. The van der Waals surface area contributed by atoms with Gasteiger partial charge in [0.2, 0.25) is 0 Å². The summed E-state index contributed by atoms with van der Waals surface area (Å²) < 4.78 is 0. The molecule has 0 aliphatic carbocycles. The molecule has 4 nitrogen and oxygen atoms in total. The van der Waals surface area contributed by atoms with Gasteiger partial charge in [-0.2, -0.15) is 0 Å².